The number of pyridine rings is 1. The van der Waals surface area contributed by atoms with E-state index in [0.29, 0.717) is 24.2 Å². The molecule has 6 heteroatoms. The zero-order valence-corrected chi connectivity index (χ0v) is 13.5. The lowest BCUT2D eigenvalue weighted by atomic mass is 10.1. The zero-order chi connectivity index (χ0) is 16.6. The number of carbonyl (C=O) groups is 1. The van der Waals surface area contributed by atoms with E-state index in [1.165, 1.54) is 0 Å². The molecular formula is C17H22N4O2. The molecule has 1 aromatic heterocycles. The van der Waals surface area contributed by atoms with Crippen molar-refractivity contribution in [3.63, 3.8) is 0 Å². The van der Waals surface area contributed by atoms with Gasteiger partial charge in [0, 0.05) is 44.1 Å². The summed E-state index contributed by atoms with van der Waals surface area (Å²) in [6, 6.07) is 5.52. The Morgan fingerprint density at radius 3 is 2.61 bits per heavy atom. The first-order chi connectivity index (χ1) is 11.0. The summed E-state index contributed by atoms with van der Waals surface area (Å²) in [7, 11) is 0. The molecule has 0 unspecified atom stereocenters. The molecule has 3 N–H and O–H groups in total. The summed E-state index contributed by atoms with van der Waals surface area (Å²) < 4.78 is 1.95. The molecule has 0 aliphatic carbocycles. The van der Waals surface area contributed by atoms with Crippen molar-refractivity contribution >= 4 is 22.5 Å². The van der Waals surface area contributed by atoms with Crippen molar-refractivity contribution in [1.29, 1.82) is 0 Å². The number of benzene rings is 1. The van der Waals surface area contributed by atoms with E-state index < -0.39 is 0 Å². The Morgan fingerprint density at radius 2 is 1.96 bits per heavy atom. The summed E-state index contributed by atoms with van der Waals surface area (Å²) in [4.78, 5) is 27.4. The predicted octanol–water partition coefficient (Wildman–Crippen LogP) is 1.21. The number of anilines is 1. The molecule has 1 aliphatic rings. The summed E-state index contributed by atoms with van der Waals surface area (Å²) in [5.41, 5.74) is 7.13. The number of carbonyl (C=O) groups excluding carboxylic acids is 1. The van der Waals surface area contributed by atoms with Crippen LogP contribution in [-0.2, 0) is 0 Å². The Balaban J connectivity index is 2.21. The number of fused-ring (bicyclic) bond motifs is 1. The number of amides is 1. The van der Waals surface area contributed by atoms with Crippen molar-refractivity contribution in [1.82, 2.24) is 14.8 Å². The number of nitrogens with two attached hydrogens (primary N) is 1. The number of piperazine rings is 1. The quantitative estimate of drug-likeness (QED) is 0.817. The highest BCUT2D eigenvalue weighted by molar-refractivity contribution is 6.00. The fraction of sp³-hybridized carbons (Fsp3) is 0.412. The fourth-order valence-corrected chi connectivity index (χ4v) is 3.04. The van der Waals surface area contributed by atoms with Crippen LogP contribution in [0.1, 0.15) is 30.2 Å². The van der Waals surface area contributed by atoms with Gasteiger partial charge in [-0.2, -0.15) is 0 Å². The molecule has 1 amide bonds. The van der Waals surface area contributed by atoms with Crippen molar-refractivity contribution in [3.8, 4) is 0 Å². The molecule has 122 valence electrons. The lowest BCUT2D eigenvalue weighted by molar-refractivity contribution is 0.0734. The second kappa shape index (κ2) is 6.04. The van der Waals surface area contributed by atoms with E-state index >= 15 is 0 Å². The largest absolute Gasteiger partial charge is 0.398 e. The molecule has 0 atom stereocenters. The number of nitrogens with zero attached hydrogens (tertiary/aromatic N) is 2. The Labute approximate surface area is 134 Å². The van der Waals surface area contributed by atoms with Crippen LogP contribution in [0.5, 0.6) is 0 Å². The Bertz CT molecular complexity index is 804. The average molecular weight is 314 g/mol. The third kappa shape index (κ3) is 2.70. The van der Waals surface area contributed by atoms with E-state index in [1.54, 1.807) is 17.2 Å². The van der Waals surface area contributed by atoms with Crippen molar-refractivity contribution < 1.29 is 4.79 Å². The van der Waals surface area contributed by atoms with Gasteiger partial charge < -0.3 is 20.5 Å². The first-order valence-electron chi connectivity index (χ1n) is 7.94. The fourth-order valence-electron chi connectivity index (χ4n) is 3.04. The molecule has 0 bridgehead atoms. The maximum Gasteiger partial charge on any atom is 0.259 e. The van der Waals surface area contributed by atoms with Crippen molar-refractivity contribution in [2.24, 2.45) is 0 Å². The number of hydrogen-bond acceptors (Lipinski definition) is 4. The predicted molar refractivity (Wildman–Crippen MR) is 91.8 cm³/mol. The highest BCUT2D eigenvalue weighted by Gasteiger charge is 2.23. The normalized spacial score (nSPS) is 15.3. The maximum absolute atomic E-state index is 12.9. The van der Waals surface area contributed by atoms with Gasteiger partial charge >= 0.3 is 0 Å². The second-order valence-electron chi connectivity index (χ2n) is 6.16. The highest BCUT2D eigenvalue weighted by Crippen LogP contribution is 2.22. The van der Waals surface area contributed by atoms with E-state index in [0.717, 1.165) is 18.6 Å². The molecule has 0 radical (unpaired) electrons. The minimum absolute atomic E-state index is 0.120. The lowest BCUT2D eigenvalue weighted by Gasteiger charge is -2.28. The number of nitrogens with one attached hydrogen (secondary N) is 1. The molecule has 1 fully saturated rings. The van der Waals surface area contributed by atoms with Gasteiger partial charge in [0.1, 0.15) is 5.56 Å². The number of nitrogen functional groups attached to an aromatic ring is 1. The third-order valence-electron chi connectivity index (χ3n) is 4.28. The van der Waals surface area contributed by atoms with Gasteiger partial charge in [-0.15, -0.1) is 0 Å². The van der Waals surface area contributed by atoms with Crippen LogP contribution in [0.15, 0.2) is 29.2 Å². The van der Waals surface area contributed by atoms with Gasteiger partial charge in [-0.3, -0.25) is 9.59 Å². The molecule has 2 heterocycles. The van der Waals surface area contributed by atoms with Crippen molar-refractivity contribution in [2.75, 3.05) is 31.9 Å². The van der Waals surface area contributed by atoms with Gasteiger partial charge in [0.25, 0.3) is 5.91 Å². The van der Waals surface area contributed by atoms with Gasteiger partial charge in [0.2, 0.25) is 5.43 Å². The van der Waals surface area contributed by atoms with Crippen molar-refractivity contribution in [3.05, 3.63) is 40.2 Å². The molecule has 23 heavy (non-hydrogen) atoms. The topological polar surface area (TPSA) is 80.4 Å². The van der Waals surface area contributed by atoms with Crippen LogP contribution in [-0.4, -0.2) is 41.6 Å². The summed E-state index contributed by atoms with van der Waals surface area (Å²) in [6.45, 7) is 6.77. The molecule has 2 aromatic rings. The monoisotopic (exact) mass is 314 g/mol. The summed E-state index contributed by atoms with van der Waals surface area (Å²) in [6.07, 6.45) is 1.68. The van der Waals surface area contributed by atoms with E-state index in [9.17, 15) is 9.59 Å². The zero-order valence-electron chi connectivity index (χ0n) is 13.5. The Hall–Kier alpha value is -2.34. The van der Waals surface area contributed by atoms with Gasteiger partial charge in [-0.25, -0.2) is 0 Å². The smallest absolute Gasteiger partial charge is 0.259 e. The molecular weight excluding hydrogens is 292 g/mol. The Kier molecular flexibility index (Phi) is 4.09. The first-order valence-corrected chi connectivity index (χ1v) is 7.94. The third-order valence-corrected chi connectivity index (χ3v) is 4.28. The van der Waals surface area contributed by atoms with Gasteiger partial charge in [-0.1, -0.05) is 6.07 Å². The molecule has 0 spiro atoms. The summed E-state index contributed by atoms with van der Waals surface area (Å²) in [5.74, 6) is -0.212. The Morgan fingerprint density at radius 1 is 1.26 bits per heavy atom. The molecule has 3 rings (SSSR count). The standard InChI is InChI=1S/C17H22N4O2/c1-11(2)21-10-12(17(23)20-8-6-19-7-9-20)16(22)15-13(18)4-3-5-14(15)21/h3-5,10-11,19H,6-9,18H2,1-2H3. The van der Waals surface area contributed by atoms with Crippen LogP contribution in [0.3, 0.4) is 0 Å². The molecule has 1 aliphatic heterocycles. The number of rotatable bonds is 2. The minimum atomic E-state index is -0.279. The van der Waals surface area contributed by atoms with Crippen LogP contribution in [0.4, 0.5) is 5.69 Å². The van der Waals surface area contributed by atoms with Crippen LogP contribution in [0.25, 0.3) is 10.9 Å². The van der Waals surface area contributed by atoms with Gasteiger partial charge in [0.15, 0.2) is 0 Å². The SMILES string of the molecule is CC(C)n1cc(C(=O)N2CCNCC2)c(=O)c2c(N)cccc21. The van der Waals surface area contributed by atoms with E-state index in [4.69, 9.17) is 5.73 Å². The van der Waals surface area contributed by atoms with Crippen LogP contribution < -0.4 is 16.5 Å². The van der Waals surface area contributed by atoms with E-state index in [1.807, 2.05) is 30.5 Å². The maximum atomic E-state index is 12.9. The molecule has 0 saturated carbocycles. The molecule has 6 nitrogen and oxygen atoms in total. The second-order valence-corrected chi connectivity index (χ2v) is 6.16. The number of aromatic nitrogens is 1. The average Bonchev–Trinajstić information content (AvgIpc) is 2.55. The summed E-state index contributed by atoms with van der Waals surface area (Å²) in [5, 5.41) is 3.64. The molecule has 1 saturated heterocycles. The van der Waals surface area contributed by atoms with Crippen LogP contribution in [0, 0.1) is 0 Å². The summed E-state index contributed by atoms with van der Waals surface area (Å²) >= 11 is 0. The molecule has 1 aromatic carbocycles. The first kappa shape index (κ1) is 15.6. The lowest BCUT2D eigenvalue weighted by Crippen LogP contribution is -2.47. The van der Waals surface area contributed by atoms with Crippen LogP contribution >= 0.6 is 0 Å². The van der Waals surface area contributed by atoms with Crippen molar-refractivity contribution in [2.45, 2.75) is 19.9 Å². The number of hydrogen-bond donors (Lipinski definition) is 2. The minimum Gasteiger partial charge on any atom is -0.398 e. The van der Waals surface area contributed by atoms with Gasteiger partial charge in [-0.05, 0) is 26.0 Å². The van der Waals surface area contributed by atoms with E-state index in [-0.39, 0.29) is 22.9 Å². The highest BCUT2D eigenvalue weighted by atomic mass is 16.2. The van der Waals surface area contributed by atoms with Crippen LogP contribution in [0.2, 0.25) is 0 Å². The van der Waals surface area contributed by atoms with E-state index in [2.05, 4.69) is 5.32 Å². The van der Waals surface area contributed by atoms with Gasteiger partial charge in [0.05, 0.1) is 10.9 Å².